The summed E-state index contributed by atoms with van der Waals surface area (Å²) in [7, 11) is 0. The predicted octanol–water partition coefficient (Wildman–Crippen LogP) is 6.59. The van der Waals surface area contributed by atoms with Crippen LogP contribution in [0.4, 0.5) is 4.39 Å². The first kappa shape index (κ1) is 39.0. The number of benzene rings is 2. The van der Waals surface area contributed by atoms with Gasteiger partial charge in [-0.2, -0.15) is 0 Å². The maximum absolute atomic E-state index is 13.9. The summed E-state index contributed by atoms with van der Waals surface area (Å²) in [4.78, 5) is 38.1. The van der Waals surface area contributed by atoms with Gasteiger partial charge >= 0.3 is 5.69 Å². The van der Waals surface area contributed by atoms with Crippen LogP contribution < -0.4 is 17.0 Å². The van der Waals surface area contributed by atoms with Gasteiger partial charge in [0.2, 0.25) is 0 Å². The summed E-state index contributed by atoms with van der Waals surface area (Å²) in [6, 6.07) is 17.4. The van der Waals surface area contributed by atoms with Gasteiger partial charge < -0.3 is 20.9 Å². The average Bonchev–Trinajstić information content (AvgIpc) is 3.05. The number of hydrogen-bond donors (Lipinski definition) is 5. The van der Waals surface area contributed by atoms with Crippen LogP contribution >= 0.6 is 0 Å². The molecule has 0 spiro atoms. The van der Waals surface area contributed by atoms with Gasteiger partial charge in [-0.25, -0.2) is 19.2 Å². The molecule has 9 nitrogen and oxygen atoms in total. The predicted molar refractivity (Wildman–Crippen MR) is 206 cm³/mol. The van der Waals surface area contributed by atoms with Gasteiger partial charge in [0.1, 0.15) is 28.4 Å². The number of hydrogen-bond acceptors (Lipinski definition) is 7. The van der Waals surface area contributed by atoms with Crippen LogP contribution in [0.25, 0.3) is 38.9 Å². The van der Waals surface area contributed by atoms with Gasteiger partial charge in [0.25, 0.3) is 5.56 Å². The third-order valence-electron chi connectivity index (χ3n) is 7.62. The van der Waals surface area contributed by atoms with Crippen molar-refractivity contribution in [2.75, 3.05) is 0 Å². The molecule has 0 aliphatic rings. The molecular weight excluding hydrogens is 657 g/mol. The number of aliphatic hydroxyl groups is 2. The summed E-state index contributed by atoms with van der Waals surface area (Å²) in [5.74, 6) is 11.1. The molecule has 0 atom stereocenters. The normalized spacial score (nSPS) is 11.3. The third-order valence-corrected chi connectivity index (χ3v) is 7.62. The summed E-state index contributed by atoms with van der Waals surface area (Å²) in [5, 5.41) is 19.9. The summed E-state index contributed by atoms with van der Waals surface area (Å²) < 4.78 is 13.9. The minimum absolute atomic E-state index is 0.0906. The molecule has 3 heterocycles. The molecule has 0 aliphatic heterocycles. The minimum Gasteiger partial charge on any atom is -0.399 e. The van der Waals surface area contributed by atoms with Crippen molar-refractivity contribution in [3.8, 4) is 45.9 Å². The molecule has 52 heavy (non-hydrogen) atoms. The highest BCUT2D eigenvalue weighted by molar-refractivity contribution is 5.93. The number of aromatic nitrogens is 4. The highest BCUT2D eigenvalue weighted by Gasteiger charge is 2.17. The molecule has 0 bridgehead atoms. The topological polar surface area (TPSA) is 158 Å². The monoisotopic (exact) mass is 701 g/mol. The van der Waals surface area contributed by atoms with Crippen molar-refractivity contribution in [3.63, 3.8) is 0 Å². The highest BCUT2D eigenvalue weighted by Crippen LogP contribution is 2.32. The van der Waals surface area contributed by atoms with Crippen LogP contribution in [0, 0.1) is 29.5 Å². The van der Waals surface area contributed by atoms with E-state index in [1.54, 1.807) is 64.1 Å². The van der Waals surface area contributed by atoms with Crippen molar-refractivity contribution in [2.24, 2.45) is 5.73 Å². The van der Waals surface area contributed by atoms with Crippen LogP contribution in [0.3, 0.4) is 0 Å². The number of H-pyrrole nitrogens is 2. The number of halogens is 1. The van der Waals surface area contributed by atoms with E-state index in [9.17, 15) is 24.2 Å². The quantitative estimate of drug-likeness (QED) is 0.129. The highest BCUT2D eigenvalue weighted by atomic mass is 19.1. The van der Waals surface area contributed by atoms with Crippen molar-refractivity contribution < 1.29 is 14.6 Å². The molecule has 0 saturated carbocycles. The first-order valence-corrected chi connectivity index (χ1v) is 16.8. The summed E-state index contributed by atoms with van der Waals surface area (Å²) in [6.45, 7) is 18.2. The lowest BCUT2D eigenvalue weighted by Crippen LogP contribution is -2.22. The minimum atomic E-state index is -1.10. The van der Waals surface area contributed by atoms with Gasteiger partial charge in [-0.3, -0.25) is 9.78 Å². The summed E-state index contributed by atoms with van der Waals surface area (Å²) in [6.07, 6.45) is 0. The van der Waals surface area contributed by atoms with Crippen LogP contribution in [0.1, 0.15) is 95.6 Å². The number of pyridine rings is 2. The van der Waals surface area contributed by atoms with E-state index >= 15 is 0 Å². The Hall–Kier alpha value is -5.81. The van der Waals surface area contributed by atoms with E-state index in [2.05, 4.69) is 50.2 Å². The maximum Gasteiger partial charge on any atom is 0.326 e. The van der Waals surface area contributed by atoms with Gasteiger partial charge in [-0.15, -0.1) is 0 Å². The largest absolute Gasteiger partial charge is 0.399 e. The zero-order valence-corrected chi connectivity index (χ0v) is 30.7. The van der Waals surface area contributed by atoms with E-state index in [1.165, 1.54) is 6.07 Å². The standard InChI is InChI=1S/C21H23FN2O.C21H21N3O3/c1-13(2)20-17(8-7-16(24-20)10-11-21(4,5)25)15-6-9-19(22)18(12-15)14(3)23;1-12(2)17-15(9-8-13(22-17)10-11-21(3,4)27)14-6-5-7-16-18(14)23-20(26)24-19(16)25/h6-9,12-13,25H,3,23H2,1-2,4-5H3;5-9,12,27H,1-4H3,(H2,23,24,25,26). The molecule has 0 saturated heterocycles. The fourth-order valence-corrected chi connectivity index (χ4v) is 5.23. The van der Waals surface area contributed by atoms with Crippen LogP contribution in [0.15, 0.2) is 76.8 Å². The Bertz CT molecular complexity index is 2390. The number of para-hydroxylation sites is 1. The lowest BCUT2D eigenvalue weighted by atomic mass is 9.95. The Morgan fingerprint density at radius 3 is 1.85 bits per heavy atom. The molecule has 10 heteroatoms. The van der Waals surface area contributed by atoms with Crippen molar-refractivity contribution in [2.45, 2.75) is 78.4 Å². The molecule has 0 fully saturated rings. The Morgan fingerprint density at radius 2 is 1.33 bits per heavy atom. The molecule has 3 aromatic heterocycles. The molecule has 6 N–H and O–H groups in total. The van der Waals surface area contributed by atoms with E-state index < -0.39 is 28.3 Å². The lowest BCUT2D eigenvalue weighted by molar-refractivity contribution is 0.143. The van der Waals surface area contributed by atoms with Gasteiger partial charge in [0.15, 0.2) is 0 Å². The van der Waals surface area contributed by atoms with Crippen molar-refractivity contribution in [3.05, 3.63) is 122 Å². The fourth-order valence-electron chi connectivity index (χ4n) is 5.23. The van der Waals surface area contributed by atoms with Crippen molar-refractivity contribution >= 4 is 16.6 Å². The molecule has 5 aromatic rings. The number of nitrogens with two attached hydrogens (primary N) is 1. The number of fused-ring (bicyclic) bond motifs is 1. The van der Waals surface area contributed by atoms with Gasteiger partial charge in [0, 0.05) is 28.0 Å². The Kier molecular flexibility index (Phi) is 11.7. The van der Waals surface area contributed by atoms with Gasteiger partial charge in [-0.05, 0) is 99.4 Å². The molecule has 0 unspecified atom stereocenters. The Labute approximate surface area is 302 Å². The number of nitrogens with one attached hydrogen (secondary N) is 2. The van der Waals surface area contributed by atoms with Gasteiger partial charge in [0.05, 0.1) is 22.3 Å². The van der Waals surface area contributed by atoms with E-state index in [0.717, 1.165) is 33.6 Å². The zero-order valence-electron chi connectivity index (χ0n) is 30.7. The molecule has 268 valence electrons. The summed E-state index contributed by atoms with van der Waals surface area (Å²) >= 11 is 0. The molecule has 0 amide bonds. The Balaban J connectivity index is 0.000000234. The van der Waals surface area contributed by atoms with Gasteiger partial charge in [-0.1, -0.05) is 64.3 Å². The van der Waals surface area contributed by atoms with Crippen LogP contribution in [-0.4, -0.2) is 41.4 Å². The fraction of sp³-hybridized carbons (Fsp3) is 0.286. The van der Waals surface area contributed by atoms with E-state index in [1.807, 2.05) is 45.9 Å². The van der Waals surface area contributed by atoms with Crippen LogP contribution in [0.2, 0.25) is 0 Å². The third kappa shape index (κ3) is 9.91. The van der Waals surface area contributed by atoms with E-state index in [0.29, 0.717) is 22.3 Å². The number of aromatic amines is 2. The molecule has 0 radical (unpaired) electrons. The van der Waals surface area contributed by atoms with E-state index in [-0.39, 0.29) is 23.1 Å². The number of nitrogens with zero attached hydrogens (tertiary/aromatic N) is 2. The lowest BCUT2D eigenvalue weighted by Gasteiger charge is -2.14. The molecular formula is C42H44FN5O4. The second kappa shape index (κ2) is 15.6. The molecule has 0 aliphatic carbocycles. The summed E-state index contributed by atoms with van der Waals surface area (Å²) in [5.41, 5.74) is 9.52. The molecule has 2 aromatic carbocycles. The van der Waals surface area contributed by atoms with Crippen LogP contribution in [-0.2, 0) is 0 Å². The first-order chi connectivity index (χ1) is 24.2. The van der Waals surface area contributed by atoms with Crippen molar-refractivity contribution in [1.29, 1.82) is 0 Å². The smallest absolute Gasteiger partial charge is 0.326 e. The second-order valence-corrected chi connectivity index (χ2v) is 14.0. The SMILES string of the molecule is C=C(N)c1cc(-c2ccc(C#CC(C)(C)O)nc2C(C)C)ccc1F.CC(C)c1nc(C#CC(C)(C)O)ccc1-c1cccc2c(=O)[nH]c(=O)[nH]c12. The van der Waals surface area contributed by atoms with E-state index in [4.69, 9.17) is 5.73 Å². The Morgan fingerprint density at radius 1 is 0.788 bits per heavy atom. The van der Waals surface area contributed by atoms with Crippen molar-refractivity contribution in [1.82, 2.24) is 19.9 Å². The first-order valence-electron chi connectivity index (χ1n) is 16.8. The molecule has 5 rings (SSSR count). The second-order valence-electron chi connectivity index (χ2n) is 14.0. The maximum atomic E-state index is 13.9. The van der Waals surface area contributed by atoms with Crippen LogP contribution in [0.5, 0.6) is 0 Å². The average molecular weight is 702 g/mol. The zero-order chi connectivity index (χ0) is 38.5. The number of rotatable bonds is 5.